The summed E-state index contributed by atoms with van der Waals surface area (Å²) in [6.07, 6.45) is -3.38. The lowest BCUT2D eigenvalue weighted by Gasteiger charge is -2.09. The third-order valence-corrected chi connectivity index (χ3v) is 3.08. The quantitative estimate of drug-likeness (QED) is 0.580. The second kappa shape index (κ2) is 6.63. The Morgan fingerprint density at radius 3 is 2.43 bits per heavy atom. The highest BCUT2D eigenvalue weighted by molar-refractivity contribution is 6.31. The second-order valence-electron chi connectivity index (χ2n) is 4.18. The number of hydrogen-bond acceptors (Lipinski definition) is 2. The van der Waals surface area contributed by atoms with E-state index in [0.29, 0.717) is 10.6 Å². The molecule has 0 N–H and O–H groups in total. The van der Waals surface area contributed by atoms with Crippen LogP contribution in [0.1, 0.15) is 16.7 Å². The Morgan fingerprint density at radius 1 is 1.05 bits per heavy atom. The molecule has 21 heavy (non-hydrogen) atoms. The fourth-order valence-electron chi connectivity index (χ4n) is 1.68. The van der Waals surface area contributed by atoms with Gasteiger partial charge in [-0.05, 0) is 12.1 Å². The van der Waals surface area contributed by atoms with Crippen molar-refractivity contribution in [3.63, 3.8) is 0 Å². The van der Waals surface area contributed by atoms with E-state index < -0.39 is 11.7 Å². The molecule has 0 amide bonds. The predicted octanol–water partition coefficient (Wildman–Crippen LogP) is 4.91. The molecule has 2 nitrogen and oxygen atoms in total. The first kappa shape index (κ1) is 15.4. The van der Waals surface area contributed by atoms with Crippen molar-refractivity contribution in [3.05, 3.63) is 70.2 Å². The Balaban J connectivity index is 2.04. The van der Waals surface area contributed by atoms with Crippen molar-refractivity contribution in [1.82, 2.24) is 0 Å². The molecule has 2 aromatic rings. The maximum Gasteiger partial charge on any atom is 0.417 e. The van der Waals surface area contributed by atoms with Gasteiger partial charge in [-0.3, -0.25) is 0 Å². The standard InChI is InChI=1S/C15H11ClF3NO/c16-14-8-4-2-6-12(14)10-21-20-9-11-5-1-3-7-13(11)15(17,18)19/h1-9H,10H2. The third-order valence-electron chi connectivity index (χ3n) is 2.71. The number of halogens is 4. The predicted molar refractivity (Wildman–Crippen MR) is 75.3 cm³/mol. The fourth-order valence-corrected chi connectivity index (χ4v) is 1.87. The van der Waals surface area contributed by atoms with Gasteiger partial charge in [0, 0.05) is 16.1 Å². The van der Waals surface area contributed by atoms with Crippen LogP contribution in [0.4, 0.5) is 13.2 Å². The van der Waals surface area contributed by atoms with Gasteiger partial charge in [0.1, 0.15) is 6.61 Å². The van der Waals surface area contributed by atoms with E-state index in [4.69, 9.17) is 16.4 Å². The van der Waals surface area contributed by atoms with Crippen LogP contribution in [0.2, 0.25) is 5.02 Å². The van der Waals surface area contributed by atoms with Gasteiger partial charge in [0.25, 0.3) is 0 Å². The van der Waals surface area contributed by atoms with Crippen LogP contribution in [-0.2, 0) is 17.6 Å². The first-order chi connectivity index (χ1) is 9.98. The van der Waals surface area contributed by atoms with Crippen molar-refractivity contribution in [2.75, 3.05) is 0 Å². The molecule has 0 fully saturated rings. The van der Waals surface area contributed by atoms with E-state index in [1.165, 1.54) is 18.2 Å². The summed E-state index contributed by atoms with van der Waals surface area (Å²) in [6, 6.07) is 12.2. The molecule has 0 aliphatic heterocycles. The smallest absolute Gasteiger partial charge is 0.391 e. The van der Waals surface area contributed by atoms with Gasteiger partial charge in [-0.2, -0.15) is 13.2 Å². The van der Waals surface area contributed by atoms with Gasteiger partial charge in [-0.15, -0.1) is 0 Å². The van der Waals surface area contributed by atoms with E-state index in [1.807, 2.05) is 0 Å². The number of oxime groups is 1. The Bertz CT molecular complexity index is 641. The highest BCUT2D eigenvalue weighted by atomic mass is 35.5. The summed E-state index contributed by atoms with van der Waals surface area (Å²) in [7, 11) is 0. The van der Waals surface area contributed by atoms with E-state index >= 15 is 0 Å². The number of benzene rings is 2. The van der Waals surface area contributed by atoms with Crippen molar-refractivity contribution in [2.45, 2.75) is 12.8 Å². The lowest BCUT2D eigenvalue weighted by molar-refractivity contribution is -0.137. The summed E-state index contributed by atoms with van der Waals surface area (Å²) < 4.78 is 38.3. The minimum Gasteiger partial charge on any atom is -0.391 e. The van der Waals surface area contributed by atoms with Crippen LogP contribution in [0, 0.1) is 0 Å². The molecule has 0 heterocycles. The minimum absolute atomic E-state index is 0.0517. The van der Waals surface area contributed by atoms with Crippen LogP contribution in [-0.4, -0.2) is 6.21 Å². The molecule has 0 saturated heterocycles. The molecule has 0 spiro atoms. The number of nitrogens with zero attached hydrogens (tertiary/aromatic N) is 1. The van der Waals surface area contributed by atoms with E-state index in [2.05, 4.69) is 5.16 Å². The monoisotopic (exact) mass is 313 g/mol. The maximum atomic E-state index is 12.8. The van der Waals surface area contributed by atoms with Gasteiger partial charge >= 0.3 is 6.18 Å². The Hall–Kier alpha value is -2.01. The molecule has 2 aromatic carbocycles. The van der Waals surface area contributed by atoms with Gasteiger partial charge in [-0.25, -0.2) is 0 Å². The van der Waals surface area contributed by atoms with Crippen LogP contribution >= 0.6 is 11.6 Å². The zero-order valence-corrected chi connectivity index (χ0v) is 11.5. The average molecular weight is 314 g/mol. The summed E-state index contributed by atoms with van der Waals surface area (Å²) in [5.74, 6) is 0. The molecule has 6 heteroatoms. The van der Waals surface area contributed by atoms with Crippen LogP contribution < -0.4 is 0 Å². The Kier molecular flexibility index (Phi) is 4.85. The molecule has 0 bridgehead atoms. The Labute approximate surface area is 124 Å². The third kappa shape index (κ3) is 4.23. The number of hydrogen-bond donors (Lipinski definition) is 0. The molecule has 0 aliphatic carbocycles. The summed E-state index contributed by atoms with van der Waals surface area (Å²) in [5, 5.41) is 4.09. The van der Waals surface area contributed by atoms with Crippen molar-refractivity contribution in [3.8, 4) is 0 Å². The fraction of sp³-hybridized carbons (Fsp3) is 0.133. The molecule has 0 aliphatic rings. The topological polar surface area (TPSA) is 21.6 Å². The van der Waals surface area contributed by atoms with Gasteiger partial charge in [-0.1, -0.05) is 53.2 Å². The average Bonchev–Trinajstić information content (AvgIpc) is 2.45. The lowest BCUT2D eigenvalue weighted by Crippen LogP contribution is -2.08. The molecule has 2 rings (SSSR count). The van der Waals surface area contributed by atoms with Crippen LogP contribution in [0.25, 0.3) is 0 Å². The molecule has 0 aromatic heterocycles. The molecular formula is C15H11ClF3NO. The van der Waals surface area contributed by atoms with Crippen LogP contribution in [0.5, 0.6) is 0 Å². The Morgan fingerprint density at radius 2 is 1.71 bits per heavy atom. The van der Waals surface area contributed by atoms with E-state index in [9.17, 15) is 13.2 Å². The van der Waals surface area contributed by atoms with E-state index in [1.54, 1.807) is 24.3 Å². The van der Waals surface area contributed by atoms with Gasteiger partial charge in [0.05, 0.1) is 11.8 Å². The second-order valence-corrected chi connectivity index (χ2v) is 4.59. The van der Waals surface area contributed by atoms with Crippen LogP contribution in [0.3, 0.4) is 0 Å². The van der Waals surface area contributed by atoms with E-state index in [-0.39, 0.29) is 12.2 Å². The van der Waals surface area contributed by atoms with Crippen LogP contribution in [0.15, 0.2) is 53.7 Å². The largest absolute Gasteiger partial charge is 0.417 e. The van der Waals surface area contributed by atoms with Crippen molar-refractivity contribution in [1.29, 1.82) is 0 Å². The highest BCUT2D eigenvalue weighted by Gasteiger charge is 2.32. The highest BCUT2D eigenvalue weighted by Crippen LogP contribution is 2.31. The first-order valence-corrected chi connectivity index (χ1v) is 6.41. The van der Waals surface area contributed by atoms with Gasteiger partial charge < -0.3 is 4.84 Å². The molecule has 0 saturated carbocycles. The molecule has 0 radical (unpaired) electrons. The van der Waals surface area contributed by atoms with Crippen molar-refractivity contribution in [2.24, 2.45) is 5.16 Å². The van der Waals surface area contributed by atoms with Crippen molar-refractivity contribution < 1.29 is 18.0 Å². The molecule has 0 atom stereocenters. The van der Waals surface area contributed by atoms with Gasteiger partial charge in [0.2, 0.25) is 0 Å². The minimum atomic E-state index is -4.43. The SMILES string of the molecule is FC(F)(F)c1ccccc1C=NOCc1ccccc1Cl. The molecule has 110 valence electrons. The summed E-state index contributed by atoms with van der Waals surface area (Å²) in [5.41, 5.74) is -0.0975. The number of alkyl halides is 3. The first-order valence-electron chi connectivity index (χ1n) is 6.03. The normalized spacial score (nSPS) is 11.8. The zero-order chi connectivity index (χ0) is 15.3. The van der Waals surface area contributed by atoms with E-state index in [0.717, 1.165) is 12.3 Å². The lowest BCUT2D eigenvalue weighted by atomic mass is 10.1. The zero-order valence-electron chi connectivity index (χ0n) is 10.8. The summed E-state index contributed by atoms with van der Waals surface area (Å²) in [4.78, 5) is 4.99. The van der Waals surface area contributed by atoms with Gasteiger partial charge in [0.15, 0.2) is 0 Å². The molecule has 0 unspecified atom stereocenters. The summed E-state index contributed by atoms with van der Waals surface area (Å²) in [6.45, 7) is 0.0877. The van der Waals surface area contributed by atoms with Crippen molar-refractivity contribution >= 4 is 17.8 Å². The number of rotatable bonds is 4. The summed E-state index contributed by atoms with van der Waals surface area (Å²) >= 11 is 5.92. The maximum absolute atomic E-state index is 12.8. The molecular weight excluding hydrogens is 303 g/mol.